The second kappa shape index (κ2) is 6.44. The highest BCUT2D eigenvalue weighted by molar-refractivity contribution is 7.12. The highest BCUT2D eigenvalue weighted by atomic mass is 32.1. The van der Waals surface area contributed by atoms with Crippen molar-refractivity contribution >= 4 is 17.3 Å². The Morgan fingerprint density at radius 1 is 1.27 bits per heavy atom. The molecule has 0 aliphatic heterocycles. The molecule has 1 saturated carbocycles. The zero-order valence-electron chi connectivity index (χ0n) is 12.5. The third-order valence-electron chi connectivity index (χ3n) is 3.95. The number of carboxylic acids is 1. The number of carboxylic acid groups (broad SMARTS) is 1. The Morgan fingerprint density at radius 3 is 2.59 bits per heavy atom. The summed E-state index contributed by atoms with van der Waals surface area (Å²) in [7, 11) is 1.91. The van der Waals surface area contributed by atoms with Gasteiger partial charge >= 0.3 is 5.97 Å². The lowest BCUT2D eigenvalue weighted by atomic mass is 9.96. The average Bonchev–Trinajstić information content (AvgIpc) is 2.89. The lowest BCUT2D eigenvalue weighted by Gasteiger charge is -2.16. The average molecular weight is 317 g/mol. The van der Waals surface area contributed by atoms with E-state index in [9.17, 15) is 4.79 Å². The van der Waals surface area contributed by atoms with Gasteiger partial charge in [-0.05, 0) is 25.0 Å². The molecule has 0 atom stereocenters. The van der Waals surface area contributed by atoms with E-state index >= 15 is 0 Å². The van der Waals surface area contributed by atoms with Gasteiger partial charge in [-0.3, -0.25) is 4.99 Å². The van der Waals surface area contributed by atoms with Gasteiger partial charge in [-0.1, -0.05) is 42.7 Å². The molecule has 1 N–H and O–H groups in total. The van der Waals surface area contributed by atoms with Gasteiger partial charge < -0.3 is 5.11 Å². The number of aromatic carboxylic acids is 1. The van der Waals surface area contributed by atoms with Gasteiger partial charge in [-0.15, -0.1) is 0 Å². The van der Waals surface area contributed by atoms with Gasteiger partial charge in [0.2, 0.25) is 4.80 Å². The molecule has 22 heavy (non-hydrogen) atoms. The summed E-state index contributed by atoms with van der Waals surface area (Å²) in [5.41, 5.74) is 1.22. The minimum Gasteiger partial charge on any atom is -0.478 e. The van der Waals surface area contributed by atoms with Gasteiger partial charge in [0, 0.05) is 12.6 Å². The first-order valence-electron chi connectivity index (χ1n) is 7.55. The lowest BCUT2D eigenvalue weighted by molar-refractivity contribution is 0.0697. The summed E-state index contributed by atoms with van der Waals surface area (Å²) in [6.07, 6.45) is 6.18. The molecular formula is C16H19N3O2S. The van der Waals surface area contributed by atoms with E-state index in [4.69, 9.17) is 10.1 Å². The first-order chi connectivity index (χ1) is 10.6. The van der Waals surface area contributed by atoms with Crippen LogP contribution in [0.3, 0.4) is 0 Å². The highest BCUT2D eigenvalue weighted by Gasteiger charge is 2.13. The van der Waals surface area contributed by atoms with E-state index in [1.165, 1.54) is 32.1 Å². The van der Waals surface area contributed by atoms with Crippen LogP contribution in [-0.2, 0) is 7.05 Å². The summed E-state index contributed by atoms with van der Waals surface area (Å²) >= 11 is 1.56. The number of benzene rings is 1. The van der Waals surface area contributed by atoms with E-state index in [1.807, 2.05) is 11.7 Å². The van der Waals surface area contributed by atoms with Gasteiger partial charge in [-0.2, -0.15) is 5.10 Å². The van der Waals surface area contributed by atoms with Crippen LogP contribution in [0, 0.1) is 0 Å². The summed E-state index contributed by atoms with van der Waals surface area (Å²) in [5, 5.41) is 14.3. The Labute approximate surface area is 133 Å². The quantitative estimate of drug-likeness (QED) is 0.946. The van der Waals surface area contributed by atoms with E-state index in [1.54, 1.807) is 35.6 Å². The monoisotopic (exact) mass is 317 g/mol. The summed E-state index contributed by atoms with van der Waals surface area (Å²) in [4.78, 5) is 16.7. The Morgan fingerprint density at radius 2 is 1.95 bits per heavy atom. The third-order valence-corrected chi connectivity index (χ3v) is 5.02. The molecule has 0 saturated heterocycles. The fraction of sp³-hybridized carbons (Fsp3) is 0.438. The number of rotatable bonds is 3. The van der Waals surface area contributed by atoms with Crippen LogP contribution in [0.4, 0.5) is 0 Å². The normalized spacial score (nSPS) is 16.9. The van der Waals surface area contributed by atoms with Crippen LogP contribution in [0.5, 0.6) is 0 Å². The standard InChI is InChI=1S/C16H19N3O2S/c1-19-16(17-13-5-3-2-4-6-13)22-14(18-19)11-7-9-12(10-8-11)15(20)21/h7-10,13H,2-6H2,1H3,(H,20,21)/b17-16+. The summed E-state index contributed by atoms with van der Waals surface area (Å²) in [6, 6.07) is 7.23. The molecule has 1 aromatic carbocycles. The zero-order valence-corrected chi connectivity index (χ0v) is 13.3. The number of hydrogen-bond donors (Lipinski definition) is 1. The molecule has 0 radical (unpaired) electrons. The number of carbonyl (C=O) groups is 1. The van der Waals surface area contributed by atoms with Crippen molar-refractivity contribution in [2.75, 3.05) is 0 Å². The van der Waals surface area contributed by atoms with Gasteiger partial charge in [0.05, 0.1) is 11.6 Å². The molecule has 0 amide bonds. The predicted molar refractivity (Wildman–Crippen MR) is 85.9 cm³/mol. The van der Waals surface area contributed by atoms with Gasteiger partial charge in [0.15, 0.2) is 0 Å². The minimum absolute atomic E-state index is 0.289. The Bertz CT molecular complexity index is 725. The summed E-state index contributed by atoms with van der Waals surface area (Å²) in [5.74, 6) is -0.913. The largest absolute Gasteiger partial charge is 0.478 e. The molecular weight excluding hydrogens is 298 g/mol. The van der Waals surface area contributed by atoms with Crippen LogP contribution in [0.25, 0.3) is 10.6 Å². The molecule has 116 valence electrons. The second-order valence-corrected chi connectivity index (χ2v) is 6.57. The molecule has 6 heteroatoms. The number of aryl methyl sites for hydroxylation is 1. The Kier molecular flexibility index (Phi) is 4.38. The van der Waals surface area contributed by atoms with Crippen LogP contribution in [0.1, 0.15) is 42.5 Å². The summed E-state index contributed by atoms with van der Waals surface area (Å²) in [6.45, 7) is 0. The van der Waals surface area contributed by atoms with Gasteiger partial charge in [0.1, 0.15) is 5.01 Å². The third kappa shape index (κ3) is 3.27. The van der Waals surface area contributed by atoms with Crippen molar-refractivity contribution in [2.24, 2.45) is 12.0 Å². The van der Waals surface area contributed by atoms with Crippen molar-refractivity contribution in [3.8, 4) is 10.6 Å². The maximum atomic E-state index is 10.9. The van der Waals surface area contributed by atoms with Gasteiger partial charge in [0.25, 0.3) is 0 Å². The molecule has 0 bridgehead atoms. The van der Waals surface area contributed by atoms with Crippen molar-refractivity contribution in [3.05, 3.63) is 34.6 Å². The molecule has 3 rings (SSSR count). The van der Waals surface area contributed by atoms with Crippen LogP contribution >= 0.6 is 11.3 Å². The van der Waals surface area contributed by atoms with E-state index < -0.39 is 5.97 Å². The van der Waals surface area contributed by atoms with Gasteiger partial charge in [-0.25, -0.2) is 9.48 Å². The maximum absolute atomic E-state index is 10.9. The maximum Gasteiger partial charge on any atom is 0.335 e. The van der Waals surface area contributed by atoms with Crippen molar-refractivity contribution in [1.82, 2.24) is 9.78 Å². The molecule has 1 aliphatic rings. The molecule has 0 unspecified atom stereocenters. The second-order valence-electron chi connectivity index (χ2n) is 5.62. The molecule has 1 heterocycles. The van der Waals surface area contributed by atoms with Crippen molar-refractivity contribution < 1.29 is 9.90 Å². The number of aromatic nitrogens is 2. The summed E-state index contributed by atoms with van der Waals surface area (Å²) < 4.78 is 1.82. The number of nitrogens with zero attached hydrogens (tertiary/aromatic N) is 3. The molecule has 2 aromatic rings. The first kappa shape index (κ1) is 15.0. The fourth-order valence-electron chi connectivity index (χ4n) is 2.70. The molecule has 5 nitrogen and oxygen atoms in total. The number of hydrogen-bond acceptors (Lipinski definition) is 4. The zero-order chi connectivity index (χ0) is 15.5. The first-order valence-corrected chi connectivity index (χ1v) is 8.37. The minimum atomic E-state index is -0.913. The highest BCUT2D eigenvalue weighted by Crippen LogP contribution is 2.22. The van der Waals surface area contributed by atoms with E-state index in [0.29, 0.717) is 6.04 Å². The molecule has 1 fully saturated rings. The van der Waals surface area contributed by atoms with E-state index in [-0.39, 0.29) is 5.56 Å². The van der Waals surface area contributed by atoms with E-state index in [0.717, 1.165) is 15.4 Å². The van der Waals surface area contributed by atoms with E-state index in [2.05, 4.69) is 5.10 Å². The van der Waals surface area contributed by atoms with Crippen molar-refractivity contribution in [2.45, 2.75) is 38.1 Å². The smallest absolute Gasteiger partial charge is 0.335 e. The predicted octanol–water partition coefficient (Wildman–Crippen LogP) is 3.08. The molecule has 0 spiro atoms. The lowest BCUT2D eigenvalue weighted by Crippen LogP contribution is -2.18. The van der Waals surface area contributed by atoms with Crippen LogP contribution in [-0.4, -0.2) is 26.9 Å². The van der Waals surface area contributed by atoms with Crippen molar-refractivity contribution in [3.63, 3.8) is 0 Å². The van der Waals surface area contributed by atoms with Crippen LogP contribution in [0.15, 0.2) is 29.3 Å². The van der Waals surface area contributed by atoms with Crippen LogP contribution < -0.4 is 4.80 Å². The van der Waals surface area contributed by atoms with Crippen LogP contribution in [0.2, 0.25) is 0 Å². The van der Waals surface area contributed by atoms with Crippen molar-refractivity contribution in [1.29, 1.82) is 0 Å². The SMILES string of the molecule is Cn1nc(-c2ccc(C(=O)O)cc2)s/c1=N/C1CCCCC1. The molecule has 1 aliphatic carbocycles. The molecule has 1 aromatic heterocycles. The topological polar surface area (TPSA) is 67.5 Å². The Hall–Kier alpha value is -1.95. The Balaban J connectivity index is 1.88. The fourth-order valence-corrected chi connectivity index (χ4v) is 3.67.